The number of halogens is 1. The third kappa shape index (κ3) is 7.80. The Morgan fingerprint density at radius 3 is 2.38 bits per heavy atom. The molecule has 0 rings (SSSR count). The number of hydrogen-bond acceptors (Lipinski definition) is 2. The summed E-state index contributed by atoms with van der Waals surface area (Å²) in [5, 5.41) is 0. The Hall–Kier alpha value is -0.440. The summed E-state index contributed by atoms with van der Waals surface area (Å²) in [7, 11) is 0. The molecule has 1 amide bonds. The van der Waals surface area contributed by atoms with Crippen LogP contribution in [0.5, 0.6) is 0 Å². The van der Waals surface area contributed by atoms with Gasteiger partial charge in [0.2, 0.25) is 0 Å². The largest absolute Gasteiger partial charge is 0.448 e. The van der Waals surface area contributed by atoms with Gasteiger partial charge in [0.15, 0.2) is 0 Å². The molecule has 0 unspecified atom stereocenters. The number of amides is 1. The van der Waals surface area contributed by atoms with Gasteiger partial charge in [0, 0.05) is 13.1 Å². The molecule has 0 saturated heterocycles. The zero-order valence-electron chi connectivity index (χ0n) is 10.9. The lowest BCUT2D eigenvalue weighted by atomic mass is 9.92. The first kappa shape index (κ1) is 15.6. The molecule has 3 nitrogen and oxygen atoms in total. The van der Waals surface area contributed by atoms with Crippen molar-refractivity contribution >= 4 is 17.7 Å². The number of carbonyl (C=O) groups excluding carboxylic acids is 1. The van der Waals surface area contributed by atoms with Crippen LogP contribution in [0.15, 0.2) is 0 Å². The summed E-state index contributed by atoms with van der Waals surface area (Å²) in [5.41, 5.74) is 0.235. The highest BCUT2D eigenvalue weighted by molar-refractivity contribution is 6.18. The van der Waals surface area contributed by atoms with Crippen LogP contribution in [0.25, 0.3) is 0 Å². The van der Waals surface area contributed by atoms with Crippen molar-refractivity contribution in [2.24, 2.45) is 5.41 Å². The first-order valence-electron chi connectivity index (χ1n) is 5.88. The van der Waals surface area contributed by atoms with Crippen LogP contribution >= 0.6 is 11.6 Å². The predicted octanol–water partition coefficient (Wildman–Crippen LogP) is 3.51. The van der Waals surface area contributed by atoms with Crippen LogP contribution in [-0.2, 0) is 4.74 Å². The minimum atomic E-state index is -0.244. The standard InChI is InChI=1S/C12H24ClNO2/c1-5-8-14(9-6-12(2,3)4)11(15)16-10-7-13/h5-10H2,1-4H3. The van der Waals surface area contributed by atoms with E-state index in [1.54, 1.807) is 4.90 Å². The molecule has 96 valence electrons. The normalized spacial score (nSPS) is 11.3. The van der Waals surface area contributed by atoms with Crippen LogP contribution in [0.2, 0.25) is 0 Å². The van der Waals surface area contributed by atoms with E-state index >= 15 is 0 Å². The van der Waals surface area contributed by atoms with Crippen molar-refractivity contribution in [3.8, 4) is 0 Å². The molecule has 0 N–H and O–H groups in total. The van der Waals surface area contributed by atoms with Gasteiger partial charge in [0.1, 0.15) is 6.61 Å². The number of nitrogens with zero attached hydrogens (tertiary/aromatic N) is 1. The predicted molar refractivity (Wildman–Crippen MR) is 68.0 cm³/mol. The molecule has 0 saturated carbocycles. The summed E-state index contributed by atoms with van der Waals surface area (Å²) in [6.45, 7) is 10.3. The Balaban J connectivity index is 4.10. The lowest BCUT2D eigenvalue weighted by Gasteiger charge is -2.26. The molecule has 0 aromatic carbocycles. The van der Waals surface area contributed by atoms with E-state index in [9.17, 15) is 4.79 Å². The molecule has 0 aromatic rings. The van der Waals surface area contributed by atoms with Crippen LogP contribution in [0.4, 0.5) is 4.79 Å². The molecule has 0 spiro atoms. The van der Waals surface area contributed by atoms with Crippen LogP contribution < -0.4 is 0 Å². The van der Waals surface area contributed by atoms with Gasteiger partial charge in [-0.2, -0.15) is 0 Å². The fourth-order valence-electron chi connectivity index (χ4n) is 1.25. The quantitative estimate of drug-likeness (QED) is 0.675. The third-order valence-electron chi connectivity index (χ3n) is 2.19. The van der Waals surface area contributed by atoms with Crippen LogP contribution in [0.3, 0.4) is 0 Å². The van der Waals surface area contributed by atoms with Crippen molar-refractivity contribution in [3.63, 3.8) is 0 Å². The van der Waals surface area contributed by atoms with Gasteiger partial charge in [0.05, 0.1) is 5.88 Å². The van der Waals surface area contributed by atoms with E-state index in [0.29, 0.717) is 5.88 Å². The number of carbonyl (C=O) groups is 1. The highest BCUT2D eigenvalue weighted by Crippen LogP contribution is 2.19. The average molecular weight is 250 g/mol. The second-order valence-corrected chi connectivity index (χ2v) is 5.48. The maximum atomic E-state index is 11.7. The molecule has 0 bridgehead atoms. The highest BCUT2D eigenvalue weighted by Gasteiger charge is 2.17. The second-order valence-electron chi connectivity index (χ2n) is 5.10. The van der Waals surface area contributed by atoms with Crippen molar-refractivity contribution in [1.29, 1.82) is 0 Å². The fourth-order valence-corrected chi connectivity index (χ4v) is 1.33. The molecule has 0 aliphatic heterocycles. The van der Waals surface area contributed by atoms with Crippen molar-refractivity contribution in [2.75, 3.05) is 25.6 Å². The molecule has 0 aliphatic carbocycles. The molecule has 0 fully saturated rings. The molecule has 0 aromatic heterocycles. The van der Waals surface area contributed by atoms with E-state index < -0.39 is 0 Å². The van der Waals surface area contributed by atoms with Gasteiger partial charge in [-0.3, -0.25) is 0 Å². The lowest BCUT2D eigenvalue weighted by Crippen LogP contribution is -2.35. The molecule has 0 heterocycles. The van der Waals surface area contributed by atoms with E-state index in [1.807, 2.05) is 0 Å². The maximum Gasteiger partial charge on any atom is 0.409 e. The van der Waals surface area contributed by atoms with E-state index in [0.717, 1.165) is 25.9 Å². The first-order chi connectivity index (χ1) is 7.40. The highest BCUT2D eigenvalue weighted by atomic mass is 35.5. The van der Waals surface area contributed by atoms with Crippen molar-refractivity contribution in [1.82, 2.24) is 4.90 Å². The van der Waals surface area contributed by atoms with Gasteiger partial charge in [-0.05, 0) is 18.3 Å². The number of ether oxygens (including phenoxy) is 1. The number of rotatable bonds is 6. The second kappa shape index (κ2) is 7.77. The van der Waals surface area contributed by atoms with E-state index in [-0.39, 0.29) is 18.1 Å². The fraction of sp³-hybridized carbons (Fsp3) is 0.917. The zero-order chi connectivity index (χ0) is 12.6. The Morgan fingerprint density at radius 1 is 1.31 bits per heavy atom. The SMILES string of the molecule is CCCN(CCC(C)(C)C)C(=O)OCCCl. The lowest BCUT2D eigenvalue weighted by molar-refractivity contribution is 0.103. The van der Waals surface area contributed by atoms with Gasteiger partial charge < -0.3 is 9.64 Å². The number of alkyl halides is 1. The van der Waals surface area contributed by atoms with Gasteiger partial charge in [-0.1, -0.05) is 27.7 Å². The van der Waals surface area contributed by atoms with Gasteiger partial charge in [-0.25, -0.2) is 4.79 Å². The van der Waals surface area contributed by atoms with Crippen molar-refractivity contribution in [3.05, 3.63) is 0 Å². The Morgan fingerprint density at radius 2 is 1.94 bits per heavy atom. The number of hydrogen-bond donors (Lipinski definition) is 0. The van der Waals surface area contributed by atoms with Crippen LogP contribution in [0.1, 0.15) is 40.5 Å². The zero-order valence-corrected chi connectivity index (χ0v) is 11.6. The maximum absolute atomic E-state index is 11.7. The molecule has 16 heavy (non-hydrogen) atoms. The monoisotopic (exact) mass is 249 g/mol. The summed E-state index contributed by atoms with van der Waals surface area (Å²) in [4.78, 5) is 13.4. The average Bonchev–Trinajstić information content (AvgIpc) is 2.19. The van der Waals surface area contributed by atoms with Gasteiger partial charge in [0.25, 0.3) is 0 Å². The molecule has 4 heteroatoms. The minimum Gasteiger partial charge on any atom is -0.448 e. The molecule has 0 radical (unpaired) electrons. The Bertz CT molecular complexity index is 202. The van der Waals surface area contributed by atoms with Crippen molar-refractivity contribution < 1.29 is 9.53 Å². The minimum absolute atomic E-state index is 0.235. The molecular formula is C12H24ClNO2. The molecule has 0 atom stereocenters. The summed E-state index contributed by atoms with van der Waals surface area (Å²) in [6, 6.07) is 0. The Labute approximate surface area is 104 Å². The summed E-state index contributed by atoms with van der Waals surface area (Å²) in [6.07, 6.45) is 1.68. The smallest absolute Gasteiger partial charge is 0.409 e. The first-order valence-corrected chi connectivity index (χ1v) is 6.42. The summed E-state index contributed by atoms with van der Waals surface area (Å²) < 4.78 is 5.03. The molecular weight excluding hydrogens is 226 g/mol. The Kier molecular flexibility index (Phi) is 7.56. The summed E-state index contributed by atoms with van der Waals surface area (Å²) in [5.74, 6) is 0.352. The van der Waals surface area contributed by atoms with Crippen LogP contribution in [0, 0.1) is 5.41 Å². The van der Waals surface area contributed by atoms with Crippen LogP contribution in [-0.4, -0.2) is 36.6 Å². The third-order valence-corrected chi connectivity index (χ3v) is 2.34. The topological polar surface area (TPSA) is 29.5 Å². The van der Waals surface area contributed by atoms with Gasteiger partial charge in [-0.15, -0.1) is 11.6 Å². The van der Waals surface area contributed by atoms with E-state index in [1.165, 1.54) is 0 Å². The van der Waals surface area contributed by atoms with E-state index in [4.69, 9.17) is 16.3 Å². The molecule has 0 aliphatic rings. The van der Waals surface area contributed by atoms with Crippen molar-refractivity contribution in [2.45, 2.75) is 40.5 Å². The van der Waals surface area contributed by atoms with Gasteiger partial charge >= 0.3 is 6.09 Å². The summed E-state index contributed by atoms with van der Waals surface area (Å²) >= 11 is 5.48. The van der Waals surface area contributed by atoms with E-state index in [2.05, 4.69) is 27.7 Å².